The Morgan fingerprint density at radius 1 is 1.57 bits per heavy atom. The second-order valence-corrected chi connectivity index (χ2v) is 1.44. The number of rotatable bonds is 1. The van der Waals surface area contributed by atoms with Crippen molar-refractivity contribution in [2.24, 2.45) is 10.2 Å². The third kappa shape index (κ3) is 5.73. The molecule has 0 bridgehead atoms. The Kier molecular flexibility index (Phi) is 5.51. The molecule has 38 valence electrons. The molecule has 0 saturated carbocycles. The number of hydrogen-bond acceptors (Lipinski definition) is 3. The van der Waals surface area contributed by atoms with Crippen molar-refractivity contribution in [3.8, 4) is 0 Å². The van der Waals surface area contributed by atoms with E-state index in [1.54, 1.807) is 0 Å². The van der Waals surface area contributed by atoms with Crippen LogP contribution in [0.5, 0.6) is 0 Å². The number of nitrogens with zero attached hydrogens (tertiary/aromatic N) is 2. The highest BCUT2D eigenvalue weighted by Crippen LogP contribution is 1.66. The van der Waals surface area contributed by atoms with Crippen molar-refractivity contribution in [3.63, 3.8) is 0 Å². The largest absolute Gasteiger partial charge is 0.140 e. The summed E-state index contributed by atoms with van der Waals surface area (Å²) in [6.45, 7) is 0. The van der Waals surface area contributed by atoms with Crippen LogP contribution in [0.25, 0.3) is 0 Å². The maximum atomic E-state index is 4.21. The van der Waals surface area contributed by atoms with Crippen LogP contribution >= 0.6 is 23.6 Å². The molecule has 0 spiro atoms. The van der Waals surface area contributed by atoms with Gasteiger partial charge in [-0.25, -0.2) is 0 Å². The monoisotopic (exact) mass is 132 g/mol. The molecule has 0 radical (unpaired) electrons. The van der Waals surface area contributed by atoms with Crippen molar-refractivity contribution in [3.05, 3.63) is 0 Å². The van der Waals surface area contributed by atoms with E-state index in [0.717, 1.165) is 11.4 Å². The average Bonchev–Trinajstić information content (AvgIpc) is 1.69. The molecule has 0 aromatic rings. The second kappa shape index (κ2) is 5.73. The normalized spacial score (nSPS) is 5.86. The number of thiol groups is 1. The summed E-state index contributed by atoms with van der Waals surface area (Å²) in [7, 11) is 0. The lowest BCUT2D eigenvalue weighted by molar-refractivity contribution is 1.29. The molecule has 0 aliphatic carbocycles. The van der Waals surface area contributed by atoms with Crippen molar-refractivity contribution in [1.82, 2.24) is 0 Å². The van der Waals surface area contributed by atoms with Crippen LogP contribution in [0.1, 0.15) is 0 Å². The van der Waals surface area contributed by atoms with Crippen molar-refractivity contribution >= 4 is 33.9 Å². The van der Waals surface area contributed by atoms with Gasteiger partial charge in [-0.1, -0.05) is 10.2 Å². The predicted octanol–water partition coefficient (Wildman–Crippen LogP) is 1.00. The molecule has 0 heterocycles. The van der Waals surface area contributed by atoms with Crippen LogP contribution in [0.15, 0.2) is 10.2 Å². The molecule has 0 unspecified atom stereocenters. The first-order valence-corrected chi connectivity index (χ1v) is 3.27. The van der Waals surface area contributed by atoms with Gasteiger partial charge in [0.2, 0.25) is 0 Å². The van der Waals surface area contributed by atoms with Crippen molar-refractivity contribution in [1.29, 1.82) is 0 Å². The minimum absolute atomic E-state index is 0.958. The van der Waals surface area contributed by atoms with Gasteiger partial charge in [-0.15, -0.1) is 11.4 Å². The van der Waals surface area contributed by atoms with E-state index in [0.29, 0.717) is 0 Å². The lowest BCUT2D eigenvalue weighted by atomic mass is 11.6. The minimum Gasteiger partial charge on any atom is -0.140 e. The molecule has 0 fully saturated rings. The summed E-state index contributed by atoms with van der Waals surface area (Å²) in [4.78, 5) is 0. The molecular formula is C3H4N2S2. The van der Waals surface area contributed by atoms with E-state index in [9.17, 15) is 0 Å². The van der Waals surface area contributed by atoms with Gasteiger partial charge >= 0.3 is 0 Å². The Morgan fingerprint density at radius 3 is 2.71 bits per heavy atom. The molecule has 2 nitrogen and oxygen atoms in total. The Morgan fingerprint density at radius 2 is 2.29 bits per heavy atom. The lowest BCUT2D eigenvalue weighted by Crippen LogP contribution is -1.43. The summed E-state index contributed by atoms with van der Waals surface area (Å²) < 4.78 is 0. The summed E-state index contributed by atoms with van der Waals surface area (Å²) >= 11 is 5.17. The van der Waals surface area contributed by atoms with Crippen molar-refractivity contribution in [2.75, 3.05) is 6.26 Å². The van der Waals surface area contributed by atoms with Crippen molar-refractivity contribution < 1.29 is 0 Å². The van der Waals surface area contributed by atoms with Crippen LogP contribution in [-0.4, -0.2) is 16.6 Å². The van der Waals surface area contributed by atoms with Gasteiger partial charge in [0.1, 0.15) is 0 Å². The Balaban J connectivity index is 3.71. The highest BCUT2D eigenvalue weighted by atomic mass is 32.1. The molecule has 0 aromatic carbocycles. The quantitative estimate of drug-likeness (QED) is 0.245. The summed E-state index contributed by atoms with van der Waals surface area (Å²) in [6, 6.07) is 0. The maximum Gasteiger partial charge on any atom is 0.0879 e. The van der Waals surface area contributed by atoms with Gasteiger partial charge in [0.25, 0.3) is 0 Å². The molecular weight excluding hydrogens is 128 g/mol. The molecule has 4 heteroatoms. The van der Waals surface area contributed by atoms with E-state index in [2.05, 4.69) is 32.7 Å². The fourth-order valence-electron chi connectivity index (χ4n) is 0.0875. The summed E-state index contributed by atoms with van der Waals surface area (Å²) in [5, 5.41) is 11.2. The van der Waals surface area contributed by atoms with Crippen LogP contribution in [0.2, 0.25) is 0 Å². The molecule has 0 atom stereocenters. The lowest BCUT2D eigenvalue weighted by Gasteiger charge is -1.55. The first-order valence-electron chi connectivity index (χ1n) is 1.52. The molecule has 7 heavy (non-hydrogen) atoms. The first kappa shape index (κ1) is 6.73. The van der Waals surface area contributed by atoms with E-state index >= 15 is 0 Å². The van der Waals surface area contributed by atoms with Crippen LogP contribution in [0, 0.1) is 0 Å². The third-order valence-corrected chi connectivity index (χ3v) is 0.607. The van der Waals surface area contributed by atoms with Gasteiger partial charge < -0.3 is 0 Å². The van der Waals surface area contributed by atoms with Crippen LogP contribution < -0.4 is 0 Å². The minimum atomic E-state index is 0.958. The molecule has 0 rings (SSSR count). The van der Waals surface area contributed by atoms with Crippen LogP contribution in [0.3, 0.4) is 0 Å². The summed E-state index contributed by atoms with van der Waals surface area (Å²) in [5.74, 6) is 0. The smallest absolute Gasteiger partial charge is 0.0879 e. The van der Waals surface area contributed by atoms with E-state index in [4.69, 9.17) is 0 Å². The van der Waals surface area contributed by atoms with Crippen LogP contribution in [-0.2, 0) is 0 Å². The highest BCUT2D eigenvalue weighted by Gasteiger charge is 1.45. The summed E-state index contributed by atoms with van der Waals surface area (Å²) in [5.41, 5.74) is 0. The third-order valence-electron chi connectivity index (χ3n) is 0.236. The van der Waals surface area contributed by atoms with Gasteiger partial charge in [-0.2, -0.15) is 0 Å². The van der Waals surface area contributed by atoms with Gasteiger partial charge in [-0.3, -0.25) is 0 Å². The maximum absolute atomic E-state index is 4.21. The average molecular weight is 132 g/mol. The predicted molar refractivity (Wildman–Crippen MR) is 37.4 cm³/mol. The zero-order valence-electron chi connectivity index (χ0n) is 3.75. The van der Waals surface area contributed by atoms with E-state index in [1.165, 1.54) is 0 Å². The second-order valence-electron chi connectivity index (χ2n) is 0.615. The molecule has 0 saturated heterocycles. The summed E-state index contributed by atoms with van der Waals surface area (Å²) in [6.07, 6.45) is 1.89. The van der Waals surface area contributed by atoms with E-state index in [1.807, 2.05) is 6.26 Å². The van der Waals surface area contributed by atoms with E-state index < -0.39 is 0 Å². The number of isothiocyanates is 2. The SMILES string of the molecule is C[SH]=C=NN=C=S. The molecule has 0 aromatic heterocycles. The zero-order chi connectivity index (χ0) is 5.54. The van der Waals surface area contributed by atoms with Gasteiger partial charge in [0.05, 0.1) is 5.16 Å². The first-order chi connectivity index (χ1) is 3.41. The topological polar surface area (TPSA) is 24.7 Å². The number of hydrogen-bond donors (Lipinski definition) is 1. The Bertz CT molecular complexity index is 139. The fraction of sp³-hybridized carbons (Fsp3) is 0.333. The van der Waals surface area contributed by atoms with Crippen LogP contribution in [0.4, 0.5) is 0 Å². The molecule has 0 amide bonds. The molecule has 0 aliphatic heterocycles. The standard InChI is InChI=1S/C3H4N2S2/c1-7-3-5-4-2-6/h7H,1H3. The Hall–Kier alpha value is -0.270. The Labute approximate surface area is 50.9 Å². The van der Waals surface area contributed by atoms with E-state index in [-0.39, 0.29) is 0 Å². The van der Waals surface area contributed by atoms with Gasteiger partial charge in [0.15, 0.2) is 0 Å². The molecule has 0 aliphatic rings. The van der Waals surface area contributed by atoms with Crippen molar-refractivity contribution in [2.45, 2.75) is 0 Å². The van der Waals surface area contributed by atoms with Gasteiger partial charge in [0, 0.05) is 5.16 Å². The zero-order valence-corrected chi connectivity index (χ0v) is 5.46. The number of thiocarbonyl (C=S) groups is 1. The fourth-order valence-corrected chi connectivity index (χ4v) is 0.262. The van der Waals surface area contributed by atoms with Gasteiger partial charge in [-0.05, 0) is 18.5 Å². The molecule has 0 N–H and O–H groups in total. The highest BCUT2D eigenvalue weighted by molar-refractivity contribution is 7.96.